The maximum absolute atomic E-state index is 11.3. The van der Waals surface area contributed by atoms with Gasteiger partial charge in [0.2, 0.25) is 5.91 Å². The van der Waals surface area contributed by atoms with Crippen molar-refractivity contribution in [3.8, 4) is 0 Å². The van der Waals surface area contributed by atoms with Crippen LogP contribution in [0.5, 0.6) is 0 Å². The molecule has 0 aromatic heterocycles. The molecule has 2 atom stereocenters. The fourth-order valence-electron chi connectivity index (χ4n) is 2.62. The summed E-state index contributed by atoms with van der Waals surface area (Å²) in [6.45, 7) is 4.22. The van der Waals surface area contributed by atoms with Crippen LogP contribution in [0.4, 0.5) is 5.69 Å². The fraction of sp³-hybridized carbons (Fsp3) is 0.500. The lowest BCUT2D eigenvalue weighted by Crippen LogP contribution is -2.23. The van der Waals surface area contributed by atoms with E-state index in [0.717, 1.165) is 11.3 Å². The number of carbonyl (C=O) groups excluding carboxylic acids is 1. The zero-order valence-electron chi connectivity index (χ0n) is 10.5. The Labute approximate surface area is 102 Å². The van der Waals surface area contributed by atoms with Gasteiger partial charge in [-0.3, -0.25) is 4.79 Å². The molecule has 3 N–H and O–H groups in total. The molecule has 1 saturated carbocycles. The third-order valence-corrected chi connectivity index (χ3v) is 3.80. The average molecular weight is 232 g/mol. The van der Waals surface area contributed by atoms with Crippen LogP contribution in [-0.4, -0.2) is 11.9 Å². The van der Waals surface area contributed by atoms with Crippen molar-refractivity contribution >= 4 is 11.6 Å². The SMILES string of the molecule is Cc1c(NC2CCCC2C)cccc1C(N)=O. The Kier molecular flexibility index (Phi) is 3.36. The molecule has 0 bridgehead atoms. The third-order valence-electron chi connectivity index (χ3n) is 3.80. The van der Waals surface area contributed by atoms with Crippen LogP contribution in [0.3, 0.4) is 0 Å². The minimum atomic E-state index is -0.356. The number of amides is 1. The Morgan fingerprint density at radius 3 is 2.76 bits per heavy atom. The number of rotatable bonds is 3. The number of carbonyl (C=O) groups is 1. The van der Waals surface area contributed by atoms with Crippen molar-refractivity contribution in [2.75, 3.05) is 5.32 Å². The van der Waals surface area contributed by atoms with Crippen molar-refractivity contribution in [2.45, 2.75) is 39.2 Å². The molecule has 3 heteroatoms. The molecule has 1 aromatic carbocycles. The lowest BCUT2D eigenvalue weighted by Gasteiger charge is -2.20. The molecule has 1 aliphatic carbocycles. The number of anilines is 1. The van der Waals surface area contributed by atoms with Gasteiger partial charge in [0.25, 0.3) is 0 Å². The maximum atomic E-state index is 11.3. The normalized spacial score (nSPS) is 23.6. The Balaban J connectivity index is 2.21. The van der Waals surface area contributed by atoms with Crippen molar-refractivity contribution < 1.29 is 4.79 Å². The van der Waals surface area contributed by atoms with E-state index in [1.807, 2.05) is 19.1 Å². The molecule has 3 nitrogen and oxygen atoms in total. The van der Waals surface area contributed by atoms with Gasteiger partial charge < -0.3 is 11.1 Å². The molecule has 1 aliphatic rings. The van der Waals surface area contributed by atoms with Crippen LogP contribution in [0, 0.1) is 12.8 Å². The largest absolute Gasteiger partial charge is 0.382 e. The van der Waals surface area contributed by atoms with Crippen LogP contribution in [0.15, 0.2) is 18.2 Å². The second-order valence-corrected chi connectivity index (χ2v) is 5.00. The molecule has 92 valence electrons. The van der Waals surface area contributed by atoms with E-state index in [-0.39, 0.29) is 5.91 Å². The van der Waals surface area contributed by atoms with Crippen LogP contribution in [0.25, 0.3) is 0 Å². The maximum Gasteiger partial charge on any atom is 0.249 e. The summed E-state index contributed by atoms with van der Waals surface area (Å²) in [6, 6.07) is 6.21. The number of primary amides is 1. The Morgan fingerprint density at radius 1 is 1.41 bits per heavy atom. The standard InChI is InChI=1S/C14H20N2O/c1-9-5-3-7-12(9)16-13-8-4-6-11(10(13)2)14(15)17/h4,6,8-9,12,16H,3,5,7H2,1-2H3,(H2,15,17). The molecular formula is C14H20N2O. The number of benzene rings is 1. The van der Waals surface area contributed by atoms with Crippen molar-refractivity contribution in [3.05, 3.63) is 29.3 Å². The number of hydrogen-bond acceptors (Lipinski definition) is 2. The monoisotopic (exact) mass is 232 g/mol. The Morgan fingerprint density at radius 2 is 2.18 bits per heavy atom. The van der Waals surface area contributed by atoms with Gasteiger partial charge in [0.1, 0.15) is 0 Å². The van der Waals surface area contributed by atoms with E-state index in [4.69, 9.17) is 5.73 Å². The van der Waals surface area contributed by atoms with Gasteiger partial charge in [-0.2, -0.15) is 0 Å². The molecule has 2 rings (SSSR count). The van der Waals surface area contributed by atoms with E-state index < -0.39 is 0 Å². The van der Waals surface area contributed by atoms with Crippen molar-refractivity contribution in [2.24, 2.45) is 11.7 Å². The first-order valence-electron chi connectivity index (χ1n) is 6.25. The van der Waals surface area contributed by atoms with E-state index in [1.165, 1.54) is 19.3 Å². The second kappa shape index (κ2) is 4.78. The Bertz CT molecular complexity index is 428. The molecule has 1 aromatic rings. The molecule has 0 spiro atoms. The summed E-state index contributed by atoms with van der Waals surface area (Å²) in [6.07, 6.45) is 3.78. The topological polar surface area (TPSA) is 55.1 Å². The highest BCUT2D eigenvalue weighted by Gasteiger charge is 2.23. The molecule has 0 aliphatic heterocycles. The highest BCUT2D eigenvalue weighted by atomic mass is 16.1. The van der Waals surface area contributed by atoms with Crippen molar-refractivity contribution in [1.29, 1.82) is 0 Å². The van der Waals surface area contributed by atoms with Gasteiger partial charge in [-0.1, -0.05) is 19.4 Å². The van der Waals surface area contributed by atoms with Gasteiger partial charge in [-0.25, -0.2) is 0 Å². The summed E-state index contributed by atoms with van der Waals surface area (Å²) >= 11 is 0. The van der Waals surface area contributed by atoms with Gasteiger partial charge in [0.15, 0.2) is 0 Å². The van der Waals surface area contributed by atoms with Crippen LogP contribution in [0.2, 0.25) is 0 Å². The summed E-state index contributed by atoms with van der Waals surface area (Å²) in [7, 11) is 0. The van der Waals surface area contributed by atoms with Gasteiger partial charge in [0, 0.05) is 17.3 Å². The average Bonchev–Trinajstić information content (AvgIpc) is 2.67. The van der Waals surface area contributed by atoms with E-state index in [1.54, 1.807) is 6.07 Å². The smallest absolute Gasteiger partial charge is 0.249 e. The van der Waals surface area contributed by atoms with Crippen molar-refractivity contribution in [3.63, 3.8) is 0 Å². The quantitative estimate of drug-likeness (QED) is 0.841. The molecule has 0 saturated heterocycles. The van der Waals surface area contributed by atoms with Gasteiger partial charge in [-0.15, -0.1) is 0 Å². The minimum absolute atomic E-state index is 0.356. The first kappa shape index (κ1) is 12.0. The fourth-order valence-corrected chi connectivity index (χ4v) is 2.62. The summed E-state index contributed by atoms with van der Waals surface area (Å²) in [5.74, 6) is 0.345. The highest BCUT2D eigenvalue weighted by Crippen LogP contribution is 2.29. The van der Waals surface area contributed by atoms with Gasteiger partial charge in [0.05, 0.1) is 0 Å². The molecule has 17 heavy (non-hydrogen) atoms. The first-order valence-corrected chi connectivity index (χ1v) is 6.25. The van der Waals surface area contributed by atoms with Crippen LogP contribution in [-0.2, 0) is 0 Å². The summed E-state index contributed by atoms with van der Waals surface area (Å²) in [4.78, 5) is 11.3. The molecule has 0 heterocycles. The number of nitrogens with one attached hydrogen (secondary N) is 1. The molecule has 1 fully saturated rings. The first-order chi connectivity index (χ1) is 8.09. The summed E-state index contributed by atoms with van der Waals surface area (Å²) in [5.41, 5.74) is 7.96. The lowest BCUT2D eigenvalue weighted by molar-refractivity contribution is 0.1000. The zero-order valence-corrected chi connectivity index (χ0v) is 10.5. The van der Waals surface area contributed by atoms with E-state index >= 15 is 0 Å². The third kappa shape index (κ3) is 2.43. The molecule has 0 radical (unpaired) electrons. The predicted molar refractivity (Wildman–Crippen MR) is 70.1 cm³/mol. The molecule has 2 unspecified atom stereocenters. The molecule has 1 amide bonds. The summed E-state index contributed by atoms with van der Waals surface area (Å²) in [5, 5.41) is 3.55. The van der Waals surface area contributed by atoms with Gasteiger partial charge in [-0.05, 0) is 43.4 Å². The van der Waals surface area contributed by atoms with Gasteiger partial charge >= 0.3 is 0 Å². The van der Waals surface area contributed by atoms with E-state index in [9.17, 15) is 4.79 Å². The summed E-state index contributed by atoms with van der Waals surface area (Å²) < 4.78 is 0. The molecular weight excluding hydrogens is 212 g/mol. The second-order valence-electron chi connectivity index (χ2n) is 5.00. The zero-order chi connectivity index (χ0) is 12.4. The van der Waals surface area contributed by atoms with Crippen molar-refractivity contribution in [1.82, 2.24) is 0 Å². The minimum Gasteiger partial charge on any atom is -0.382 e. The highest BCUT2D eigenvalue weighted by molar-refractivity contribution is 5.95. The number of hydrogen-bond donors (Lipinski definition) is 2. The van der Waals surface area contributed by atoms with Crippen LogP contribution >= 0.6 is 0 Å². The van der Waals surface area contributed by atoms with Crippen LogP contribution in [0.1, 0.15) is 42.1 Å². The Hall–Kier alpha value is -1.51. The number of nitrogens with two attached hydrogens (primary N) is 1. The van der Waals surface area contributed by atoms with E-state index in [0.29, 0.717) is 17.5 Å². The van der Waals surface area contributed by atoms with E-state index in [2.05, 4.69) is 12.2 Å². The predicted octanol–water partition coefficient (Wildman–Crippen LogP) is 2.69. The lowest BCUT2D eigenvalue weighted by atomic mass is 10.0. The van der Waals surface area contributed by atoms with Crippen LogP contribution < -0.4 is 11.1 Å².